The molecule has 0 spiro atoms. The van der Waals surface area contributed by atoms with Crippen molar-refractivity contribution in [1.82, 2.24) is 0 Å². The minimum absolute atomic E-state index is 0.136. The molecule has 4 heteroatoms. The highest BCUT2D eigenvalue weighted by molar-refractivity contribution is 4.90. The van der Waals surface area contributed by atoms with Crippen molar-refractivity contribution >= 4 is 0 Å². The summed E-state index contributed by atoms with van der Waals surface area (Å²) < 4.78 is 21.8. The zero-order valence-electron chi connectivity index (χ0n) is 7.48. The van der Waals surface area contributed by atoms with E-state index in [1.165, 1.54) is 0 Å². The molecule has 0 aromatic rings. The summed E-state index contributed by atoms with van der Waals surface area (Å²) in [4.78, 5) is 0. The minimum Gasteiger partial charge on any atom is -0.373 e. The molecule has 0 aromatic carbocycles. The summed E-state index contributed by atoms with van der Waals surface area (Å²) in [6.07, 6.45) is 1.95. The lowest BCUT2D eigenvalue weighted by Crippen LogP contribution is -2.31. The first-order chi connectivity index (χ1) is 6.43. The number of epoxide rings is 1. The number of hydrogen-bond acceptors (Lipinski definition) is 4. The van der Waals surface area contributed by atoms with Gasteiger partial charge < -0.3 is 18.9 Å². The van der Waals surface area contributed by atoms with E-state index in [0.717, 1.165) is 19.6 Å². The lowest BCUT2D eigenvalue weighted by molar-refractivity contribution is -0.0350. The molecule has 4 nitrogen and oxygen atoms in total. The number of fused-ring (bicyclic) bond motifs is 1. The van der Waals surface area contributed by atoms with Crippen LogP contribution in [0.1, 0.15) is 6.42 Å². The molecule has 0 bridgehead atoms. The molecule has 0 amide bonds. The van der Waals surface area contributed by atoms with Crippen LogP contribution in [0.25, 0.3) is 0 Å². The van der Waals surface area contributed by atoms with E-state index < -0.39 is 0 Å². The van der Waals surface area contributed by atoms with Gasteiger partial charge in [0.1, 0.15) is 18.3 Å². The van der Waals surface area contributed by atoms with Gasteiger partial charge in [0.2, 0.25) is 0 Å². The normalized spacial score (nSPS) is 48.0. The molecule has 0 aliphatic carbocycles. The molecule has 3 rings (SSSR count). The van der Waals surface area contributed by atoms with Crippen molar-refractivity contribution in [2.75, 3.05) is 26.4 Å². The summed E-state index contributed by atoms with van der Waals surface area (Å²) in [5.41, 5.74) is 0. The van der Waals surface area contributed by atoms with Crippen LogP contribution in [0.3, 0.4) is 0 Å². The number of ether oxygens (including phenoxy) is 4. The van der Waals surface area contributed by atoms with Gasteiger partial charge in [-0.3, -0.25) is 0 Å². The molecule has 3 unspecified atom stereocenters. The van der Waals surface area contributed by atoms with Gasteiger partial charge in [0.05, 0.1) is 25.9 Å². The first-order valence-corrected chi connectivity index (χ1v) is 4.90. The van der Waals surface area contributed by atoms with Crippen LogP contribution in [0.2, 0.25) is 0 Å². The fraction of sp³-hybridized carbons (Fsp3) is 1.00. The molecular formula is C9H14O4. The summed E-state index contributed by atoms with van der Waals surface area (Å²) in [6.45, 7) is 3.04. The smallest absolute Gasteiger partial charge is 0.112 e. The Morgan fingerprint density at radius 2 is 2.08 bits per heavy atom. The molecule has 74 valence electrons. The Hall–Kier alpha value is -0.160. The molecule has 0 radical (unpaired) electrons. The molecule has 0 N–H and O–H groups in total. The maximum Gasteiger partial charge on any atom is 0.112 e. The molecule has 0 aromatic heterocycles. The first kappa shape index (κ1) is 8.17. The highest BCUT2D eigenvalue weighted by atomic mass is 16.6. The highest BCUT2D eigenvalue weighted by Crippen LogP contribution is 2.28. The Bertz CT molecular complexity index is 192. The van der Waals surface area contributed by atoms with Crippen LogP contribution in [0.4, 0.5) is 0 Å². The first-order valence-electron chi connectivity index (χ1n) is 4.90. The molecular weight excluding hydrogens is 172 g/mol. The largest absolute Gasteiger partial charge is 0.373 e. The third-order valence-corrected chi connectivity index (χ3v) is 2.82. The maximum absolute atomic E-state index is 5.67. The van der Waals surface area contributed by atoms with E-state index in [0.29, 0.717) is 19.3 Å². The van der Waals surface area contributed by atoms with Crippen molar-refractivity contribution < 1.29 is 18.9 Å². The third-order valence-electron chi connectivity index (χ3n) is 2.82. The molecule has 3 saturated heterocycles. The SMILES string of the molecule is C1CC2OCC(OCC3CO3)[C@H]2O1. The van der Waals surface area contributed by atoms with E-state index in [9.17, 15) is 0 Å². The van der Waals surface area contributed by atoms with E-state index in [-0.39, 0.29) is 18.3 Å². The second-order valence-corrected chi connectivity index (χ2v) is 3.82. The Morgan fingerprint density at radius 1 is 1.15 bits per heavy atom. The zero-order valence-corrected chi connectivity index (χ0v) is 7.48. The van der Waals surface area contributed by atoms with Crippen LogP contribution in [-0.4, -0.2) is 50.8 Å². The van der Waals surface area contributed by atoms with Gasteiger partial charge >= 0.3 is 0 Å². The Kier molecular flexibility index (Phi) is 2.01. The van der Waals surface area contributed by atoms with Crippen molar-refractivity contribution in [2.45, 2.75) is 30.8 Å². The molecule has 3 fully saturated rings. The van der Waals surface area contributed by atoms with Gasteiger partial charge in [0.15, 0.2) is 0 Å². The van der Waals surface area contributed by atoms with Gasteiger partial charge in [-0.2, -0.15) is 0 Å². The molecule has 13 heavy (non-hydrogen) atoms. The highest BCUT2D eigenvalue weighted by Gasteiger charge is 2.43. The Morgan fingerprint density at radius 3 is 2.92 bits per heavy atom. The number of hydrogen-bond donors (Lipinski definition) is 0. The standard InChI is InChI=1S/C9H14O4/c1-2-10-9-7(1)13-5-8(9)12-4-6-3-11-6/h6-9H,1-5H2/t6?,7?,8?,9-/m0/s1. The second kappa shape index (κ2) is 3.20. The minimum atomic E-state index is 0.136. The van der Waals surface area contributed by atoms with E-state index in [4.69, 9.17) is 18.9 Å². The second-order valence-electron chi connectivity index (χ2n) is 3.82. The van der Waals surface area contributed by atoms with Gasteiger partial charge in [-0.25, -0.2) is 0 Å². The van der Waals surface area contributed by atoms with Gasteiger partial charge in [-0.1, -0.05) is 0 Å². The van der Waals surface area contributed by atoms with Crippen molar-refractivity contribution in [3.63, 3.8) is 0 Å². The van der Waals surface area contributed by atoms with E-state index in [1.807, 2.05) is 0 Å². The summed E-state index contributed by atoms with van der Waals surface area (Å²) >= 11 is 0. The maximum atomic E-state index is 5.67. The van der Waals surface area contributed by atoms with Gasteiger partial charge in [0, 0.05) is 6.61 Å². The summed E-state index contributed by atoms with van der Waals surface area (Å²) in [5.74, 6) is 0. The molecule has 4 atom stereocenters. The summed E-state index contributed by atoms with van der Waals surface area (Å²) in [6, 6.07) is 0. The monoisotopic (exact) mass is 186 g/mol. The molecule has 0 saturated carbocycles. The average Bonchev–Trinajstić information content (AvgIpc) is 2.72. The van der Waals surface area contributed by atoms with Crippen molar-refractivity contribution in [3.05, 3.63) is 0 Å². The lowest BCUT2D eigenvalue weighted by atomic mass is 10.1. The van der Waals surface area contributed by atoms with Crippen LogP contribution < -0.4 is 0 Å². The third kappa shape index (κ3) is 1.59. The van der Waals surface area contributed by atoms with Crippen LogP contribution >= 0.6 is 0 Å². The van der Waals surface area contributed by atoms with E-state index in [2.05, 4.69) is 0 Å². The fourth-order valence-electron chi connectivity index (χ4n) is 1.97. The van der Waals surface area contributed by atoms with Gasteiger partial charge in [-0.05, 0) is 6.42 Å². The van der Waals surface area contributed by atoms with Crippen LogP contribution in [0.5, 0.6) is 0 Å². The van der Waals surface area contributed by atoms with Gasteiger partial charge in [-0.15, -0.1) is 0 Å². The Labute approximate surface area is 77.1 Å². The number of rotatable bonds is 3. The Balaban J connectivity index is 1.52. The van der Waals surface area contributed by atoms with Crippen LogP contribution in [0.15, 0.2) is 0 Å². The fourth-order valence-corrected chi connectivity index (χ4v) is 1.97. The van der Waals surface area contributed by atoms with E-state index >= 15 is 0 Å². The van der Waals surface area contributed by atoms with Crippen molar-refractivity contribution in [3.8, 4) is 0 Å². The van der Waals surface area contributed by atoms with Crippen molar-refractivity contribution in [2.24, 2.45) is 0 Å². The van der Waals surface area contributed by atoms with Crippen LogP contribution in [-0.2, 0) is 18.9 Å². The molecule has 3 heterocycles. The molecule has 3 aliphatic rings. The summed E-state index contributed by atoms with van der Waals surface area (Å²) in [5, 5.41) is 0. The van der Waals surface area contributed by atoms with Gasteiger partial charge in [0.25, 0.3) is 0 Å². The molecule has 3 aliphatic heterocycles. The lowest BCUT2D eigenvalue weighted by Gasteiger charge is -2.15. The average molecular weight is 186 g/mol. The summed E-state index contributed by atoms with van der Waals surface area (Å²) in [7, 11) is 0. The zero-order chi connectivity index (χ0) is 8.67. The predicted molar refractivity (Wildman–Crippen MR) is 43.6 cm³/mol. The van der Waals surface area contributed by atoms with Crippen LogP contribution in [0, 0.1) is 0 Å². The quantitative estimate of drug-likeness (QED) is 0.580. The van der Waals surface area contributed by atoms with E-state index in [1.54, 1.807) is 0 Å². The predicted octanol–water partition coefficient (Wildman–Crippen LogP) is -0.0419. The van der Waals surface area contributed by atoms with Crippen molar-refractivity contribution in [1.29, 1.82) is 0 Å². The topological polar surface area (TPSA) is 40.2 Å².